The summed E-state index contributed by atoms with van der Waals surface area (Å²) in [5, 5.41) is 27.5. The number of nitriles is 1. The van der Waals surface area contributed by atoms with E-state index in [-0.39, 0.29) is 0 Å². The lowest BCUT2D eigenvalue weighted by Gasteiger charge is -2.13. The van der Waals surface area contributed by atoms with E-state index in [4.69, 9.17) is 22.0 Å². The molecule has 0 bridgehead atoms. The van der Waals surface area contributed by atoms with Crippen LogP contribution in [0.15, 0.2) is 22.7 Å². The fraction of sp³-hybridized carbons (Fsp3) is 0.222. The Morgan fingerprint density at radius 2 is 2.07 bits per heavy atom. The Morgan fingerprint density at radius 3 is 2.64 bits per heavy atom. The quantitative estimate of drug-likeness (QED) is 0.812. The molecule has 1 aromatic rings. The van der Waals surface area contributed by atoms with E-state index >= 15 is 0 Å². The highest BCUT2D eigenvalue weighted by atomic mass is 79.9. The Morgan fingerprint density at radius 1 is 1.43 bits per heavy atom. The van der Waals surface area contributed by atoms with Gasteiger partial charge < -0.3 is 10.2 Å². The lowest BCUT2D eigenvalue weighted by molar-refractivity contribution is 0.0523. The van der Waals surface area contributed by atoms with Gasteiger partial charge in [0.05, 0.1) is 6.07 Å². The van der Waals surface area contributed by atoms with E-state index in [2.05, 4.69) is 15.9 Å². The van der Waals surface area contributed by atoms with E-state index in [9.17, 15) is 5.11 Å². The van der Waals surface area contributed by atoms with Gasteiger partial charge in [-0.3, -0.25) is 0 Å². The molecule has 2 atom stereocenters. The predicted octanol–water partition coefficient (Wildman–Crippen LogP) is 2.02. The Balaban J connectivity index is 3.07. The van der Waals surface area contributed by atoms with Crippen LogP contribution in [0.3, 0.4) is 0 Å². The van der Waals surface area contributed by atoms with Crippen LogP contribution >= 0.6 is 27.5 Å². The molecule has 0 fully saturated rings. The summed E-state index contributed by atoms with van der Waals surface area (Å²) in [6, 6.07) is 6.33. The van der Waals surface area contributed by atoms with Gasteiger partial charge in [0.2, 0.25) is 0 Å². The molecule has 0 saturated heterocycles. The van der Waals surface area contributed by atoms with Gasteiger partial charge in [-0.2, -0.15) is 5.26 Å². The van der Waals surface area contributed by atoms with Gasteiger partial charge in [-0.1, -0.05) is 27.5 Å². The number of hydrogen-bond donors (Lipinski definition) is 2. The van der Waals surface area contributed by atoms with Gasteiger partial charge in [-0.05, 0) is 23.8 Å². The molecule has 0 aliphatic carbocycles. The Labute approximate surface area is 94.7 Å². The van der Waals surface area contributed by atoms with Crippen LogP contribution in [0.5, 0.6) is 0 Å². The molecule has 0 amide bonds. The Kier molecular flexibility index (Phi) is 3.90. The van der Waals surface area contributed by atoms with Crippen LogP contribution < -0.4 is 0 Å². The van der Waals surface area contributed by atoms with Crippen molar-refractivity contribution in [3.8, 4) is 6.07 Å². The van der Waals surface area contributed by atoms with Crippen LogP contribution in [0.2, 0.25) is 5.02 Å². The second-order valence-corrected chi connectivity index (χ2v) is 3.98. The minimum Gasteiger partial charge on any atom is -0.385 e. The molecule has 0 aromatic heterocycles. The molecule has 0 saturated carbocycles. The van der Waals surface area contributed by atoms with Crippen molar-refractivity contribution in [2.24, 2.45) is 0 Å². The molecule has 0 aliphatic heterocycles. The average Bonchev–Trinajstić information content (AvgIpc) is 2.19. The summed E-state index contributed by atoms with van der Waals surface area (Å²) in [7, 11) is 0. The molecule has 5 heteroatoms. The van der Waals surface area contributed by atoms with E-state index in [1.807, 2.05) is 0 Å². The summed E-state index contributed by atoms with van der Waals surface area (Å²) in [5.74, 6) is 0. The van der Waals surface area contributed by atoms with Gasteiger partial charge in [0.25, 0.3) is 0 Å². The number of hydrogen-bond acceptors (Lipinski definition) is 3. The van der Waals surface area contributed by atoms with Crippen LogP contribution in [0.1, 0.15) is 11.7 Å². The maximum atomic E-state index is 9.53. The summed E-state index contributed by atoms with van der Waals surface area (Å²) in [5.41, 5.74) is 0.395. The number of nitrogens with zero attached hydrogens (tertiary/aromatic N) is 1. The molecule has 14 heavy (non-hydrogen) atoms. The first-order valence-corrected chi connectivity index (χ1v) is 4.94. The van der Waals surface area contributed by atoms with Gasteiger partial charge in [0.1, 0.15) is 6.10 Å². The van der Waals surface area contributed by atoms with Crippen LogP contribution in [0.25, 0.3) is 0 Å². The monoisotopic (exact) mass is 275 g/mol. The minimum atomic E-state index is -1.45. The third-order valence-electron chi connectivity index (χ3n) is 1.71. The van der Waals surface area contributed by atoms with Crippen molar-refractivity contribution in [1.29, 1.82) is 5.26 Å². The molecule has 74 valence electrons. The van der Waals surface area contributed by atoms with E-state index in [1.165, 1.54) is 6.07 Å². The third kappa shape index (κ3) is 2.46. The maximum absolute atomic E-state index is 9.53. The maximum Gasteiger partial charge on any atom is 0.170 e. The second kappa shape index (κ2) is 4.76. The zero-order valence-corrected chi connectivity index (χ0v) is 9.33. The lowest BCUT2D eigenvalue weighted by Crippen LogP contribution is -2.16. The number of halogens is 2. The van der Waals surface area contributed by atoms with Crippen molar-refractivity contribution in [2.75, 3.05) is 0 Å². The fourth-order valence-corrected chi connectivity index (χ4v) is 1.64. The third-order valence-corrected chi connectivity index (χ3v) is 2.67. The Bertz CT molecular complexity index is 378. The van der Waals surface area contributed by atoms with Gasteiger partial charge in [0.15, 0.2) is 6.10 Å². The van der Waals surface area contributed by atoms with Gasteiger partial charge >= 0.3 is 0 Å². The smallest absolute Gasteiger partial charge is 0.170 e. The molecule has 0 spiro atoms. The van der Waals surface area contributed by atoms with Crippen LogP contribution in [0.4, 0.5) is 0 Å². The topological polar surface area (TPSA) is 64.2 Å². The highest BCUT2D eigenvalue weighted by Gasteiger charge is 2.20. The summed E-state index contributed by atoms with van der Waals surface area (Å²) in [6.45, 7) is 0. The van der Waals surface area contributed by atoms with Crippen LogP contribution in [0, 0.1) is 11.3 Å². The SMILES string of the molecule is N#CC(O)C(O)c1cc(Cl)ccc1Br. The van der Waals surface area contributed by atoms with E-state index in [0.29, 0.717) is 15.1 Å². The van der Waals surface area contributed by atoms with Gasteiger partial charge in [0, 0.05) is 9.50 Å². The molecule has 0 aliphatic rings. The molecule has 1 aromatic carbocycles. The summed E-state index contributed by atoms with van der Waals surface area (Å²) >= 11 is 8.90. The Hall–Kier alpha value is -0.600. The minimum absolute atomic E-state index is 0.395. The molecular weight excluding hydrogens is 269 g/mol. The molecular formula is C9H7BrClNO2. The van der Waals surface area contributed by atoms with Crippen molar-refractivity contribution in [3.63, 3.8) is 0 Å². The molecule has 2 unspecified atom stereocenters. The van der Waals surface area contributed by atoms with Crippen LogP contribution in [-0.2, 0) is 0 Å². The molecule has 0 heterocycles. The number of rotatable bonds is 2. The number of benzene rings is 1. The first kappa shape index (κ1) is 11.5. The molecule has 1 rings (SSSR count). The largest absolute Gasteiger partial charge is 0.385 e. The average molecular weight is 277 g/mol. The summed E-state index contributed by atoms with van der Waals surface area (Å²) < 4.78 is 0.601. The summed E-state index contributed by atoms with van der Waals surface area (Å²) in [4.78, 5) is 0. The zero-order valence-electron chi connectivity index (χ0n) is 6.98. The summed E-state index contributed by atoms with van der Waals surface area (Å²) in [6.07, 6.45) is -2.71. The van der Waals surface area contributed by atoms with Crippen LogP contribution in [-0.4, -0.2) is 16.3 Å². The second-order valence-electron chi connectivity index (χ2n) is 2.68. The highest BCUT2D eigenvalue weighted by molar-refractivity contribution is 9.10. The number of aliphatic hydroxyl groups excluding tert-OH is 2. The standard InChI is InChI=1S/C9H7BrClNO2/c10-7-2-1-5(11)3-6(7)9(14)8(13)4-12/h1-3,8-9,13-14H. The predicted molar refractivity (Wildman–Crippen MR) is 55.7 cm³/mol. The normalized spacial score (nSPS) is 14.5. The van der Waals surface area contributed by atoms with Gasteiger partial charge in [-0.25, -0.2) is 0 Å². The highest BCUT2D eigenvalue weighted by Crippen LogP contribution is 2.28. The fourth-order valence-electron chi connectivity index (χ4n) is 0.982. The molecule has 3 nitrogen and oxygen atoms in total. The van der Waals surface area contributed by atoms with E-state index < -0.39 is 12.2 Å². The van der Waals surface area contributed by atoms with Crippen molar-refractivity contribution < 1.29 is 10.2 Å². The first-order valence-electron chi connectivity index (χ1n) is 3.77. The first-order chi connectivity index (χ1) is 6.56. The zero-order chi connectivity index (χ0) is 10.7. The molecule has 2 N–H and O–H groups in total. The van der Waals surface area contributed by atoms with Crippen molar-refractivity contribution in [3.05, 3.63) is 33.3 Å². The van der Waals surface area contributed by atoms with Gasteiger partial charge in [-0.15, -0.1) is 0 Å². The van der Waals surface area contributed by atoms with E-state index in [1.54, 1.807) is 18.2 Å². The number of aliphatic hydroxyl groups is 2. The van der Waals surface area contributed by atoms with Crippen molar-refractivity contribution >= 4 is 27.5 Å². The van der Waals surface area contributed by atoms with Crippen molar-refractivity contribution in [1.82, 2.24) is 0 Å². The van der Waals surface area contributed by atoms with Crippen molar-refractivity contribution in [2.45, 2.75) is 12.2 Å². The lowest BCUT2D eigenvalue weighted by atomic mass is 10.1. The van der Waals surface area contributed by atoms with E-state index in [0.717, 1.165) is 0 Å². The molecule has 0 radical (unpaired) electrons.